The number of likely N-dealkylation sites (tertiary alicyclic amines) is 1. The van der Waals surface area contributed by atoms with E-state index >= 15 is 0 Å². The molecule has 0 spiro atoms. The summed E-state index contributed by atoms with van der Waals surface area (Å²) in [4.78, 5) is 8.27. The van der Waals surface area contributed by atoms with Crippen molar-refractivity contribution in [2.75, 3.05) is 6.54 Å². The molecule has 0 bridgehead atoms. The van der Waals surface area contributed by atoms with Crippen LogP contribution in [0.25, 0.3) is 0 Å². The van der Waals surface area contributed by atoms with Gasteiger partial charge >= 0.3 is 0 Å². The van der Waals surface area contributed by atoms with Gasteiger partial charge in [-0.15, -0.1) is 11.3 Å². The molecule has 0 radical (unpaired) electrons. The summed E-state index contributed by atoms with van der Waals surface area (Å²) >= 11 is 1.88. The first-order chi connectivity index (χ1) is 8.34. The van der Waals surface area contributed by atoms with Gasteiger partial charge in [0.15, 0.2) is 0 Å². The van der Waals surface area contributed by atoms with Crippen LogP contribution in [0.5, 0.6) is 0 Å². The van der Waals surface area contributed by atoms with E-state index in [1.165, 1.54) is 30.0 Å². The van der Waals surface area contributed by atoms with Crippen molar-refractivity contribution in [2.45, 2.75) is 25.4 Å². The molecule has 90 valence electrons. The molecule has 3 nitrogen and oxygen atoms in total. The molecule has 0 amide bonds. The highest BCUT2D eigenvalue weighted by atomic mass is 32.1. The van der Waals surface area contributed by atoms with Gasteiger partial charge in [-0.05, 0) is 30.8 Å². The summed E-state index contributed by atoms with van der Waals surface area (Å²) in [7, 11) is 2.07. The number of hydrogen-bond donors (Lipinski definition) is 0. The second-order valence-corrected chi connectivity index (χ2v) is 5.62. The zero-order valence-corrected chi connectivity index (χ0v) is 10.9. The summed E-state index contributed by atoms with van der Waals surface area (Å²) in [5.41, 5.74) is 1.30. The van der Waals surface area contributed by atoms with Crippen LogP contribution in [0.15, 0.2) is 30.0 Å². The van der Waals surface area contributed by atoms with Gasteiger partial charge in [0.2, 0.25) is 0 Å². The van der Waals surface area contributed by atoms with Crippen LogP contribution in [0.1, 0.15) is 29.5 Å². The standard InChI is InChI=1S/C13H17N3S/c1-15-10-14-8-11(15)9-16-6-2-4-12(16)13-5-3-7-17-13/h3,5,7-8,10,12H,2,4,6,9H2,1H3. The molecule has 0 aliphatic carbocycles. The van der Waals surface area contributed by atoms with Crippen molar-refractivity contribution < 1.29 is 0 Å². The summed E-state index contributed by atoms with van der Waals surface area (Å²) in [6.07, 6.45) is 6.45. The number of nitrogens with zero attached hydrogens (tertiary/aromatic N) is 3. The molecule has 3 heterocycles. The van der Waals surface area contributed by atoms with Gasteiger partial charge < -0.3 is 4.57 Å². The number of hydrogen-bond acceptors (Lipinski definition) is 3. The normalized spacial score (nSPS) is 21.1. The molecule has 0 aromatic carbocycles. The van der Waals surface area contributed by atoms with Gasteiger partial charge in [0.05, 0.1) is 12.0 Å². The molecule has 1 unspecified atom stereocenters. The van der Waals surface area contributed by atoms with Gasteiger partial charge in [-0.1, -0.05) is 6.07 Å². The summed E-state index contributed by atoms with van der Waals surface area (Å²) in [6, 6.07) is 5.03. The van der Waals surface area contributed by atoms with Crippen molar-refractivity contribution >= 4 is 11.3 Å². The summed E-state index contributed by atoms with van der Waals surface area (Å²) in [6.45, 7) is 2.22. The van der Waals surface area contributed by atoms with Crippen molar-refractivity contribution in [1.29, 1.82) is 0 Å². The van der Waals surface area contributed by atoms with Crippen molar-refractivity contribution in [3.8, 4) is 0 Å². The zero-order chi connectivity index (χ0) is 11.7. The molecule has 3 rings (SSSR count). The van der Waals surface area contributed by atoms with Crippen molar-refractivity contribution in [3.63, 3.8) is 0 Å². The van der Waals surface area contributed by atoms with Crippen molar-refractivity contribution in [1.82, 2.24) is 14.5 Å². The first-order valence-electron chi connectivity index (χ1n) is 6.07. The quantitative estimate of drug-likeness (QED) is 0.831. The minimum atomic E-state index is 0.616. The van der Waals surface area contributed by atoms with Crippen LogP contribution in [-0.2, 0) is 13.6 Å². The highest BCUT2D eigenvalue weighted by molar-refractivity contribution is 7.10. The van der Waals surface area contributed by atoms with Crippen LogP contribution in [0, 0.1) is 0 Å². The van der Waals surface area contributed by atoms with Gasteiger partial charge in [0, 0.05) is 30.7 Å². The third kappa shape index (κ3) is 2.15. The Morgan fingerprint density at radius 2 is 2.47 bits per heavy atom. The lowest BCUT2D eigenvalue weighted by molar-refractivity contribution is 0.246. The van der Waals surface area contributed by atoms with Crippen molar-refractivity contribution in [2.24, 2.45) is 7.05 Å². The Morgan fingerprint density at radius 3 is 3.18 bits per heavy atom. The molecular formula is C13H17N3S. The van der Waals surface area contributed by atoms with E-state index in [1.54, 1.807) is 0 Å². The molecule has 2 aromatic rings. The number of aromatic nitrogens is 2. The molecule has 2 aromatic heterocycles. The van der Waals surface area contributed by atoms with Crippen molar-refractivity contribution in [3.05, 3.63) is 40.6 Å². The topological polar surface area (TPSA) is 21.1 Å². The predicted molar refractivity (Wildman–Crippen MR) is 69.9 cm³/mol. The lowest BCUT2D eigenvalue weighted by atomic mass is 10.2. The highest BCUT2D eigenvalue weighted by Gasteiger charge is 2.27. The molecule has 1 atom stereocenters. The fraction of sp³-hybridized carbons (Fsp3) is 0.462. The Bertz CT molecular complexity index is 475. The molecular weight excluding hydrogens is 230 g/mol. The van der Waals surface area contributed by atoms with E-state index in [-0.39, 0.29) is 0 Å². The Balaban J connectivity index is 1.77. The molecule has 1 fully saturated rings. The Kier molecular flexibility index (Phi) is 2.99. The molecule has 1 aliphatic rings. The SMILES string of the molecule is Cn1cncc1CN1CCCC1c1cccs1. The lowest BCUT2D eigenvalue weighted by Crippen LogP contribution is -2.23. The fourth-order valence-corrected chi connectivity index (χ4v) is 3.46. The minimum Gasteiger partial charge on any atom is -0.337 e. The maximum Gasteiger partial charge on any atom is 0.0945 e. The van der Waals surface area contributed by atoms with Crippen LogP contribution >= 0.6 is 11.3 Å². The predicted octanol–water partition coefficient (Wildman–Crippen LogP) is 2.82. The van der Waals surface area contributed by atoms with Gasteiger partial charge in [0.25, 0.3) is 0 Å². The maximum absolute atomic E-state index is 4.19. The summed E-state index contributed by atoms with van der Waals surface area (Å²) in [5.74, 6) is 0. The van der Waals surface area contributed by atoms with Gasteiger partial charge in [0.1, 0.15) is 0 Å². The van der Waals surface area contributed by atoms with Crippen LogP contribution in [-0.4, -0.2) is 21.0 Å². The average molecular weight is 247 g/mol. The van der Waals surface area contributed by atoms with E-state index in [0.717, 1.165) is 6.54 Å². The van der Waals surface area contributed by atoms with Gasteiger partial charge in [-0.2, -0.15) is 0 Å². The van der Waals surface area contributed by atoms with Crippen LogP contribution in [0.3, 0.4) is 0 Å². The zero-order valence-electron chi connectivity index (χ0n) is 10.0. The third-order valence-electron chi connectivity index (χ3n) is 3.52. The smallest absolute Gasteiger partial charge is 0.0945 e. The number of thiophene rings is 1. The van der Waals surface area contributed by atoms with Gasteiger partial charge in [-0.3, -0.25) is 4.90 Å². The second-order valence-electron chi connectivity index (χ2n) is 4.64. The molecule has 4 heteroatoms. The molecule has 0 N–H and O–H groups in total. The first kappa shape index (κ1) is 11.0. The number of imidazole rings is 1. The van der Waals surface area contributed by atoms with Gasteiger partial charge in [-0.25, -0.2) is 4.98 Å². The third-order valence-corrected chi connectivity index (χ3v) is 4.49. The van der Waals surface area contributed by atoms with E-state index in [0.29, 0.717) is 6.04 Å². The number of rotatable bonds is 3. The van der Waals surface area contributed by atoms with Crippen LogP contribution in [0.4, 0.5) is 0 Å². The van der Waals surface area contributed by atoms with E-state index in [2.05, 4.69) is 39.0 Å². The number of aryl methyl sites for hydroxylation is 1. The fourth-order valence-electron chi connectivity index (χ4n) is 2.56. The Hall–Kier alpha value is -1.13. The Labute approximate surface area is 106 Å². The first-order valence-corrected chi connectivity index (χ1v) is 6.95. The van der Waals surface area contributed by atoms with Crippen LogP contribution < -0.4 is 0 Å². The van der Waals surface area contributed by atoms with Crippen LogP contribution in [0.2, 0.25) is 0 Å². The lowest BCUT2D eigenvalue weighted by Gasteiger charge is -2.23. The Morgan fingerprint density at radius 1 is 1.53 bits per heavy atom. The van der Waals surface area contributed by atoms with E-state index in [1.807, 2.05) is 23.9 Å². The van der Waals surface area contributed by atoms with E-state index < -0.39 is 0 Å². The summed E-state index contributed by atoms with van der Waals surface area (Å²) < 4.78 is 2.11. The van der Waals surface area contributed by atoms with E-state index in [4.69, 9.17) is 0 Å². The maximum atomic E-state index is 4.19. The second kappa shape index (κ2) is 4.63. The highest BCUT2D eigenvalue weighted by Crippen LogP contribution is 2.35. The largest absolute Gasteiger partial charge is 0.337 e. The summed E-state index contributed by atoms with van der Waals surface area (Å²) in [5, 5.41) is 2.18. The average Bonchev–Trinajstić information content (AvgIpc) is 3.02. The molecule has 1 aliphatic heterocycles. The van der Waals surface area contributed by atoms with E-state index in [9.17, 15) is 0 Å². The molecule has 0 saturated carbocycles. The molecule has 17 heavy (non-hydrogen) atoms. The monoisotopic (exact) mass is 247 g/mol. The minimum absolute atomic E-state index is 0.616. The molecule has 1 saturated heterocycles.